The number of carbonyl (C=O) groups excluding carboxylic acids is 1. The van der Waals surface area contributed by atoms with Gasteiger partial charge in [-0.2, -0.15) is 0 Å². The van der Waals surface area contributed by atoms with Gasteiger partial charge in [-0.15, -0.1) is 11.3 Å². The standard InChI is InChI=1S/C16H20N4O2S/c1-19(12-6-10-2-3-11(7-12)18-10)14(21)8-20-9-17-15-13(16(20)22)4-5-23-15/h4-5,9-12,18H,2-3,6-8H2,1H3. The predicted molar refractivity (Wildman–Crippen MR) is 89.6 cm³/mol. The first-order chi connectivity index (χ1) is 11.1. The van der Waals surface area contributed by atoms with Gasteiger partial charge in [0, 0.05) is 25.2 Å². The molecule has 0 aliphatic carbocycles. The lowest BCUT2D eigenvalue weighted by molar-refractivity contribution is -0.133. The Morgan fingerprint density at radius 3 is 2.91 bits per heavy atom. The molecule has 7 heteroatoms. The zero-order chi connectivity index (χ0) is 16.0. The summed E-state index contributed by atoms with van der Waals surface area (Å²) >= 11 is 1.44. The van der Waals surface area contributed by atoms with Crippen LogP contribution in [0.1, 0.15) is 25.7 Å². The molecule has 0 radical (unpaired) electrons. The lowest BCUT2D eigenvalue weighted by atomic mass is 9.98. The van der Waals surface area contributed by atoms with Crippen LogP contribution in [0.25, 0.3) is 10.2 Å². The number of amides is 1. The third-order valence-electron chi connectivity index (χ3n) is 5.15. The number of nitrogens with zero attached hydrogens (tertiary/aromatic N) is 3. The Kier molecular flexibility index (Phi) is 3.69. The molecule has 1 amide bonds. The fraction of sp³-hybridized carbons (Fsp3) is 0.562. The second-order valence-electron chi connectivity index (χ2n) is 6.58. The van der Waals surface area contributed by atoms with Crippen LogP contribution in [0.5, 0.6) is 0 Å². The average Bonchev–Trinajstić information content (AvgIpc) is 3.16. The third-order valence-corrected chi connectivity index (χ3v) is 5.97. The predicted octanol–water partition coefficient (Wildman–Crippen LogP) is 1.20. The summed E-state index contributed by atoms with van der Waals surface area (Å²) in [5, 5.41) is 6.03. The Morgan fingerprint density at radius 1 is 1.43 bits per heavy atom. The van der Waals surface area contributed by atoms with Crippen molar-refractivity contribution in [3.05, 3.63) is 28.1 Å². The molecule has 0 saturated carbocycles. The zero-order valence-electron chi connectivity index (χ0n) is 13.1. The molecule has 4 heterocycles. The molecule has 2 unspecified atom stereocenters. The minimum atomic E-state index is -0.136. The number of aromatic nitrogens is 2. The van der Waals surface area contributed by atoms with E-state index in [1.54, 1.807) is 6.07 Å². The third kappa shape index (κ3) is 2.68. The van der Waals surface area contributed by atoms with Crippen LogP contribution in [0.4, 0.5) is 0 Å². The SMILES string of the molecule is CN(C(=O)Cn1cnc2sccc2c1=O)C1CC2CCC(C1)N2. The van der Waals surface area contributed by atoms with Gasteiger partial charge >= 0.3 is 0 Å². The Morgan fingerprint density at radius 2 is 2.17 bits per heavy atom. The van der Waals surface area contributed by atoms with Crippen molar-refractivity contribution >= 4 is 27.5 Å². The lowest BCUT2D eigenvalue weighted by Gasteiger charge is -2.35. The maximum absolute atomic E-state index is 12.6. The van der Waals surface area contributed by atoms with Crippen LogP contribution in [0.15, 0.2) is 22.6 Å². The van der Waals surface area contributed by atoms with E-state index < -0.39 is 0 Å². The van der Waals surface area contributed by atoms with Gasteiger partial charge in [-0.05, 0) is 37.1 Å². The van der Waals surface area contributed by atoms with Crippen molar-refractivity contribution in [2.45, 2.75) is 50.4 Å². The topological polar surface area (TPSA) is 67.2 Å². The van der Waals surface area contributed by atoms with Gasteiger partial charge in [0.2, 0.25) is 5.91 Å². The first-order valence-electron chi connectivity index (χ1n) is 8.06. The highest BCUT2D eigenvalue weighted by Gasteiger charge is 2.36. The van der Waals surface area contributed by atoms with Crippen LogP contribution < -0.4 is 10.9 Å². The minimum Gasteiger partial charge on any atom is -0.341 e. The number of hydrogen-bond donors (Lipinski definition) is 1. The van der Waals surface area contributed by atoms with Gasteiger partial charge in [0.25, 0.3) is 5.56 Å². The van der Waals surface area contributed by atoms with E-state index in [2.05, 4.69) is 10.3 Å². The summed E-state index contributed by atoms with van der Waals surface area (Å²) in [4.78, 5) is 31.8. The van der Waals surface area contributed by atoms with Crippen molar-refractivity contribution in [3.63, 3.8) is 0 Å². The van der Waals surface area contributed by atoms with Crippen LogP contribution in [-0.2, 0) is 11.3 Å². The molecule has 23 heavy (non-hydrogen) atoms. The summed E-state index contributed by atoms with van der Waals surface area (Å²) in [5.41, 5.74) is -0.136. The van der Waals surface area contributed by atoms with E-state index in [4.69, 9.17) is 0 Å². The van der Waals surface area contributed by atoms with Crippen molar-refractivity contribution in [3.8, 4) is 0 Å². The molecule has 2 aromatic rings. The highest BCUT2D eigenvalue weighted by Crippen LogP contribution is 2.29. The number of nitrogens with one attached hydrogen (secondary N) is 1. The summed E-state index contributed by atoms with van der Waals surface area (Å²) in [6.07, 6.45) is 5.92. The summed E-state index contributed by atoms with van der Waals surface area (Å²) < 4.78 is 1.42. The molecule has 0 spiro atoms. The fourth-order valence-corrected chi connectivity index (χ4v) is 4.53. The molecule has 1 N–H and O–H groups in total. The van der Waals surface area contributed by atoms with Crippen molar-refractivity contribution in [2.24, 2.45) is 0 Å². The second-order valence-corrected chi connectivity index (χ2v) is 7.48. The fourth-order valence-electron chi connectivity index (χ4n) is 3.81. The van der Waals surface area contributed by atoms with Crippen molar-refractivity contribution < 1.29 is 4.79 Å². The molecular weight excluding hydrogens is 312 g/mol. The van der Waals surface area contributed by atoms with E-state index in [0.29, 0.717) is 17.5 Å². The maximum Gasteiger partial charge on any atom is 0.262 e. The van der Waals surface area contributed by atoms with Gasteiger partial charge < -0.3 is 10.2 Å². The molecule has 2 fully saturated rings. The van der Waals surface area contributed by atoms with Gasteiger partial charge in [0.15, 0.2) is 0 Å². The number of fused-ring (bicyclic) bond motifs is 3. The van der Waals surface area contributed by atoms with Crippen LogP contribution in [0.3, 0.4) is 0 Å². The number of likely N-dealkylation sites (N-methyl/N-ethyl adjacent to an activating group) is 1. The smallest absolute Gasteiger partial charge is 0.262 e. The van der Waals surface area contributed by atoms with Gasteiger partial charge in [-0.3, -0.25) is 14.2 Å². The quantitative estimate of drug-likeness (QED) is 0.917. The van der Waals surface area contributed by atoms with Gasteiger partial charge in [0.05, 0.1) is 11.7 Å². The Hall–Kier alpha value is -1.73. The van der Waals surface area contributed by atoms with E-state index in [-0.39, 0.29) is 24.1 Å². The molecule has 4 rings (SSSR count). The number of thiophene rings is 1. The first-order valence-corrected chi connectivity index (χ1v) is 8.94. The van der Waals surface area contributed by atoms with E-state index >= 15 is 0 Å². The summed E-state index contributed by atoms with van der Waals surface area (Å²) in [6, 6.07) is 3.13. The number of rotatable bonds is 3. The maximum atomic E-state index is 12.6. The summed E-state index contributed by atoms with van der Waals surface area (Å²) in [7, 11) is 1.86. The molecule has 2 aromatic heterocycles. The normalized spacial score (nSPS) is 26.6. The number of hydrogen-bond acceptors (Lipinski definition) is 5. The molecule has 2 aliphatic rings. The van der Waals surface area contributed by atoms with Crippen molar-refractivity contribution in [1.82, 2.24) is 19.8 Å². The molecule has 2 atom stereocenters. The Labute approximate surface area is 138 Å². The summed E-state index contributed by atoms with van der Waals surface area (Å²) in [6.45, 7) is 0.0629. The van der Waals surface area contributed by atoms with Gasteiger partial charge in [-0.25, -0.2) is 4.98 Å². The van der Waals surface area contributed by atoms with Gasteiger partial charge in [0.1, 0.15) is 11.4 Å². The van der Waals surface area contributed by atoms with E-state index in [1.165, 1.54) is 35.1 Å². The van der Waals surface area contributed by atoms with Crippen molar-refractivity contribution in [2.75, 3.05) is 7.05 Å². The molecule has 2 bridgehead atoms. The van der Waals surface area contributed by atoms with E-state index in [9.17, 15) is 9.59 Å². The molecule has 2 saturated heterocycles. The lowest BCUT2D eigenvalue weighted by Crippen LogP contribution is -2.49. The Balaban J connectivity index is 1.50. The highest BCUT2D eigenvalue weighted by molar-refractivity contribution is 7.16. The van der Waals surface area contributed by atoms with Crippen LogP contribution in [-0.4, -0.2) is 45.5 Å². The van der Waals surface area contributed by atoms with Gasteiger partial charge in [-0.1, -0.05) is 0 Å². The number of piperidine rings is 1. The number of carbonyl (C=O) groups is 1. The van der Waals surface area contributed by atoms with E-state index in [0.717, 1.165) is 17.7 Å². The molecule has 0 aromatic carbocycles. The summed E-state index contributed by atoms with van der Waals surface area (Å²) in [5.74, 6) is -0.0187. The van der Waals surface area contributed by atoms with Crippen LogP contribution in [0, 0.1) is 0 Å². The first kappa shape index (κ1) is 14.8. The Bertz CT molecular complexity index is 787. The average molecular weight is 332 g/mol. The minimum absolute atomic E-state index is 0.0187. The van der Waals surface area contributed by atoms with Crippen LogP contribution >= 0.6 is 11.3 Å². The monoisotopic (exact) mass is 332 g/mol. The molecule has 2 aliphatic heterocycles. The zero-order valence-corrected chi connectivity index (χ0v) is 13.9. The molecule has 6 nitrogen and oxygen atoms in total. The molecule has 122 valence electrons. The molecular formula is C16H20N4O2S. The van der Waals surface area contributed by atoms with Crippen molar-refractivity contribution in [1.29, 1.82) is 0 Å². The highest BCUT2D eigenvalue weighted by atomic mass is 32.1. The van der Waals surface area contributed by atoms with E-state index in [1.807, 2.05) is 17.3 Å². The largest absolute Gasteiger partial charge is 0.341 e. The van der Waals surface area contributed by atoms with Crippen LogP contribution in [0.2, 0.25) is 0 Å². The second kappa shape index (κ2) is 5.72.